The second kappa shape index (κ2) is 6.30. The van der Waals surface area contributed by atoms with E-state index < -0.39 is 0 Å². The first-order valence-corrected chi connectivity index (χ1v) is 7.08. The minimum atomic E-state index is -0.263. The van der Waals surface area contributed by atoms with Crippen molar-refractivity contribution < 1.29 is 9.18 Å². The Morgan fingerprint density at radius 2 is 1.95 bits per heavy atom. The van der Waals surface area contributed by atoms with Crippen molar-refractivity contribution in [3.8, 4) is 0 Å². The third-order valence-electron chi connectivity index (χ3n) is 3.44. The number of anilines is 1. The van der Waals surface area contributed by atoms with Crippen molar-refractivity contribution >= 4 is 22.6 Å². The number of hydrogen-bond acceptors (Lipinski definition) is 1. The summed E-state index contributed by atoms with van der Waals surface area (Å²) in [6, 6.07) is 13.7. The lowest BCUT2D eigenvalue weighted by atomic mass is 10.1. The van der Waals surface area contributed by atoms with Crippen LogP contribution in [-0.4, -0.2) is 17.6 Å². The fourth-order valence-corrected chi connectivity index (χ4v) is 2.37. The van der Waals surface area contributed by atoms with E-state index in [4.69, 9.17) is 0 Å². The van der Waals surface area contributed by atoms with Crippen LogP contribution in [0.2, 0.25) is 0 Å². The Morgan fingerprint density at radius 3 is 2.77 bits per heavy atom. The van der Waals surface area contributed by atoms with Gasteiger partial charge in [-0.25, -0.2) is 9.18 Å². The molecule has 0 atom stereocenters. The maximum absolute atomic E-state index is 13.1. The molecule has 3 N–H and O–H groups in total. The molecule has 4 nitrogen and oxygen atoms in total. The number of hydrogen-bond donors (Lipinski definition) is 3. The highest BCUT2D eigenvalue weighted by atomic mass is 19.1. The molecule has 3 rings (SSSR count). The van der Waals surface area contributed by atoms with Crippen LogP contribution in [0.3, 0.4) is 0 Å². The van der Waals surface area contributed by atoms with Gasteiger partial charge in [0.1, 0.15) is 5.82 Å². The SMILES string of the molecule is O=C(NCCc1c[nH]c2cc(F)ccc12)Nc1ccccc1. The molecular weight excluding hydrogens is 281 g/mol. The van der Waals surface area contributed by atoms with Gasteiger partial charge in [-0.1, -0.05) is 18.2 Å². The second-order valence-electron chi connectivity index (χ2n) is 5.00. The first kappa shape index (κ1) is 14.1. The summed E-state index contributed by atoms with van der Waals surface area (Å²) in [4.78, 5) is 14.8. The lowest BCUT2D eigenvalue weighted by Crippen LogP contribution is -2.30. The number of urea groups is 1. The monoisotopic (exact) mass is 297 g/mol. The van der Waals surface area contributed by atoms with Crippen LogP contribution in [0.1, 0.15) is 5.56 Å². The maximum atomic E-state index is 13.1. The number of carbonyl (C=O) groups excluding carboxylic acids is 1. The zero-order valence-corrected chi connectivity index (χ0v) is 11.9. The normalized spacial score (nSPS) is 10.6. The van der Waals surface area contributed by atoms with E-state index in [1.807, 2.05) is 36.5 Å². The lowest BCUT2D eigenvalue weighted by Gasteiger charge is -2.07. The zero-order valence-electron chi connectivity index (χ0n) is 11.9. The van der Waals surface area contributed by atoms with Crippen LogP contribution in [0.5, 0.6) is 0 Å². The number of carbonyl (C=O) groups is 1. The molecule has 0 bridgehead atoms. The van der Waals surface area contributed by atoms with E-state index in [1.54, 1.807) is 6.07 Å². The molecule has 22 heavy (non-hydrogen) atoms. The number of halogens is 1. The first-order valence-electron chi connectivity index (χ1n) is 7.08. The van der Waals surface area contributed by atoms with Gasteiger partial charge in [0, 0.05) is 29.3 Å². The number of rotatable bonds is 4. The molecule has 0 radical (unpaired) electrons. The molecule has 5 heteroatoms. The van der Waals surface area contributed by atoms with E-state index in [0.717, 1.165) is 22.2 Å². The number of H-pyrrole nitrogens is 1. The first-order chi connectivity index (χ1) is 10.7. The molecule has 1 heterocycles. The van der Waals surface area contributed by atoms with Crippen LogP contribution in [0.25, 0.3) is 10.9 Å². The summed E-state index contributed by atoms with van der Waals surface area (Å²) in [6.07, 6.45) is 2.52. The number of aromatic amines is 1. The van der Waals surface area contributed by atoms with Gasteiger partial charge in [0.2, 0.25) is 0 Å². The molecule has 3 aromatic rings. The zero-order chi connectivity index (χ0) is 15.4. The molecule has 112 valence electrons. The van der Waals surface area contributed by atoms with E-state index in [2.05, 4.69) is 15.6 Å². The molecule has 0 saturated carbocycles. The van der Waals surface area contributed by atoms with Gasteiger partial charge in [0.15, 0.2) is 0 Å². The fraction of sp³-hybridized carbons (Fsp3) is 0.118. The summed E-state index contributed by atoms with van der Waals surface area (Å²) in [5, 5.41) is 6.55. The Labute approximate surface area is 127 Å². The quantitative estimate of drug-likeness (QED) is 0.676. The second-order valence-corrected chi connectivity index (χ2v) is 5.00. The third kappa shape index (κ3) is 3.25. The van der Waals surface area contributed by atoms with Gasteiger partial charge < -0.3 is 15.6 Å². The Morgan fingerprint density at radius 1 is 1.14 bits per heavy atom. The van der Waals surface area contributed by atoms with Gasteiger partial charge in [-0.05, 0) is 42.3 Å². The smallest absolute Gasteiger partial charge is 0.319 e. The van der Waals surface area contributed by atoms with Crippen molar-refractivity contribution in [2.75, 3.05) is 11.9 Å². The molecule has 0 aliphatic heterocycles. The van der Waals surface area contributed by atoms with E-state index in [9.17, 15) is 9.18 Å². The summed E-state index contributed by atoms with van der Waals surface area (Å²) in [6.45, 7) is 0.503. The van der Waals surface area contributed by atoms with Gasteiger partial charge >= 0.3 is 6.03 Å². The van der Waals surface area contributed by atoms with Gasteiger partial charge in [0.25, 0.3) is 0 Å². The number of nitrogens with one attached hydrogen (secondary N) is 3. The molecule has 2 amide bonds. The number of fused-ring (bicyclic) bond motifs is 1. The van der Waals surface area contributed by atoms with Crippen molar-refractivity contribution in [2.24, 2.45) is 0 Å². The van der Waals surface area contributed by atoms with Crippen molar-refractivity contribution in [3.05, 3.63) is 66.1 Å². The Bertz CT molecular complexity index is 783. The predicted molar refractivity (Wildman–Crippen MR) is 85.4 cm³/mol. The van der Waals surface area contributed by atoms with Crippen LogP contribution in [0.4, 0.5) is 14.9 Å². The third-order valence-corrected chi connectivity index (χ3v) is 3.44. The highest BCUT2D eigenvalue weighted by Crippen LogP contribution is 2.19. The van der Waals surface area contributed by atoms with Gasteiger partial charge in [-0.15, -0.1) is 0 Å². The minimum Gasteiger partial charge on any atom is -0.361 e. The molecule has 0 spiro atoms. The highest BCUT2D eigenvalue weighted by molar-refractivity contribution is 5.89. The highest BCUT2D eigenvalue weighted by Gasteiger charge is 2.06. The minimum absolute atomic E-state index is 0.239. The number of benzene rings is 2. The summed E-state index contributed by atoms with van der Waals surface area (Å²) in [5.41, 5.74) is 2.57. The largest absolute Gasteiger partial charge is 0.361 e. The van der Waals surface area contributed by atoms with Gasteiger partial charge in [-0.2, -0.15) is 0 Å². The average Bonchev–Trinajstić information content (AvgIpc) is 2.90. The van der Waals surface area contributed by atoms with Crippen molar-refractivity contribution in [1.29, 1.82) is 0 Å². The van der Waals surface area contributed by atoms with E-state index in [1.165, 1.54) is 12.1 Å². The fourth-order valence-electron chi connectivity index (χ4n) is 2.37. The van der Waals surface area contributed by atoms with Crippen LogP contribution < -0.4 is 10.6 Å². The molecule has 0 aliphatic carbocycles. The number of aromatic nitrogens is 1. The van der Waals surface area contributed by atoms with E-state index >= 15 is 0 Å². The summed E-state index contributed by atoms with van der Waals surface area (Å²) in [7, 11) is 0. The Kier molecular flexibility index (Phi) is 4.05. The Balaban J connectivity index is 1.55. The molecule has 0 aliphatic rings. The topological polar surface area (TPSA) is 56.9 Å². The molecule has 2 aromatic carbocycles. The van der Waals surface area contributed by atoms with Crippen molar-refractivity contribution in [2.45, 2.75) is 6.42 Å². The lowest BCUT2D eigenvalue weighted by molar-refractivity contribution is 0.252. The predicted octanol–water partition coefficient (Wildman–Crippen LogP) is 3.67. The summed E-state index contributed by atoms with van der Waals surface area (Å²) in [5.74, 6) is -0.263. The van der Waals surface area contributed by atoms with Crippen LogP contribution in [-0.2, 0) is 6.42 Å². The van der Waals surface area contributed by atoms with E-state index in [0.29, 0.717) is 13.0 Å². The molecular formula is C17H16FN3O. The van der Waals surface area contributed by atoms with Crippen LogP contribution >= 0.6 is 0 Å². The van der Waals surface area contributed by atoms with Crippen LogP contribution in [0.15, 0.2) is 54.7 Å². The van der Waals surface area contributed by atoms with Crippen molar-refractivity contribution in [1.82, 2.24) is 10.3 Å². The molecule has 0 unspecified atom stereocenters. The Hall–Kier alpha value is -2.82. The molecule has 0 fully saturated rings. The standard InChI is InChI=1S/C17H16FN3O/c18-13-6-7-15-12(11-20-16(15)10-13)8-9-19-17(22)21-14-4-2-1-3-5-14/h1-7,10-11,20H,8-9H2,(H2,19,21,22). The van der Waals surface area contributed by atoms with E-state index in [-0.39, 0.29) is 11.8 Å². The summed E-state index contributed by atoms with van der Waals surface area (Å²) < 4.78 is 13.1. The maximum Gasteiger partial charge on any atom is 0.319 e. The average molecular weight is 297 g/mol. The molecule has 1 aromatic heterocycles. The molecule has 0 saturated heterocycles. The summed E-state index contributed by atoms with van der Waals surface area (Å²) >= 11 is 0. The van der Waals surface area contributed by atoms with Gasteiger partial charge in [-0.3, -0.25) is 0 Å². The van der Waals surface area contributed by atoms with Crippen molar-refractivity contribution in [3.63, 3.8) is 0 Å². The number of amides is 2. The number of para-hydroxylation sites is 1. The van der Waals surface area contributed by atoms with Crippen LogP contribution in [0, 0.1) is 5.82 Å². The van der Waals surface area contributed by atoms with Gasteiger partial charge in [0.05, 0.1) is 0 Å².